The van der Waals surface area contributed by atoms with Crippen LogP contribution in [0.2, 0.25) is 0 Å². The summed E-state index contributed by atoms with van der Waals surface area (Å²) >= 11 is 0. The molecule has 0 radical (unpaired) electrons. The first-order valence-electron chi connectivity index (χ1n) is 7.78. The van der Waals surface area contributed by atoms with E-state index in [0.29, 0.717) is 25.3 Å². The van der Waals surface area contributed by atoms with Crippen molar-refractivity contribution in [3.8, 4) is 0 Å². The average molecular weight is 311 g/mol. The van der Waals surface area contributed by atoms with Crippen molar-refractivity contribution >= 4 is 23.0 Å². The number of ether oxygens (including phenoxy) is 1. The Morgan fingerprint density at radius 3 is 2.70 bits per heavy atom. The third-order valence-corrected chi connectivity index (χ3v) is 3.85. The fraction of sp³-hybridized carbons (Fsp3) is 0.278. The largest absolute Gasteiger partial charge is 0.399 e. The van der Waals surface area contributed by atoms with Gasteiger partial charge in [0, 0.05) is 18.8 Å². The van der Waals surface area contributed by atoms with E-state index in [-0.39, 0.29) is 5.91 Å². The second-order valence-corrected chi connectivity index (χ2v) is 5.59. The van der Waals surface area contributed by atoms with E-state index in [1.165, 1.54) is 0 Å². The fourth-order valence-corrected chi connectivity index (χ4v) is 2.74. The molecule has 1 aliphatic rings. The number of morpholine rings is 1. The Balaban J connectivity index is 1.71. The SMILES string of the molecule is Nc1cccc(CC(=O)Nc2ccccc2N2CCOCC2)c1. The molecule has 1 saturated heterocycles. The van der Waals surface area contributed by atoms with Gasteiger partial charge < -0.3 is 20.7 Å². The van der Waals surface area contributed by atoms with E-state index in [4.69, 9.17) is 10.5 Å². The zero-order valence-electron chi connectivity index (χ0n) is 13.0. The molecule has 3 N–H and O–H groups in total. The van der Waals surface area contributed by atoms with E-state index in [2.05, 4.69) is 10.2 Å². The molecule has 1 fully saturated rings. The highest BCUT2D eigenvalue weighted by atomic mass is 16.5. The molecule has 0 aromatic heterocycles. The number of nitrogens with one attached hydrogen (secondary N) is 1. The van der Waals surface area contributed by atoms with Crippen LogP contribution in [0.15, 0.2) is 48.5 Å². The number of nitrogens with zero attached hydrogens (tertiary/aromatic N) is 1. The molecule has 1 heterocycles. The molecule has 1 amide bonds. The molecule has 0 atom stereocenters. The highest BCUT2D eigenvalue weighted by molar-refractivity contribution is 5.95. The fourth-order valence-electron chi connectivity index (χ4n) is 2.74. The summed E-state index contributed by atoms with van der Waals surface area (Å²) in [5.74, 6) is -0.0451. The molecule has 1 aliphatic heterocycles. The minimum absolute atomic E-state index is 0.0451. The Morgan fingerprint density at radius 1 is 1.13 bits per heavy atom. The summed E-state index contributed by atoms with van der Waals surface area (Å²) in [6.45, 7) is 3.10. The normalized spacial score (nSPS) is 14.5. The Hall–Kier alpha value is -2.53. The molecule has 2 aromatic rings. The minimum Gasteiger partial charge on any atom is -0.399 e. The zero-order valence-corrected chi connectivity index (χ0v) is 13.0. The van der Waals surface area contributed by atoms with Gasteiger partial charge in [-0.2, -0.15) is 0 Å². The number of para-hydroxylation sites is 2. The predicted octanol–water partition coefficient (Wildman–Crippen LogP) is 2.29. The van der Waals surface area contributed by atoms with Crippen molar-refractivity contribution in [1.82, 2.24) is 0 Å². The summed E-state index contributed by atoms with van der Waals surface area (Å²) in [5.41, 5.74) is 9.21. The second kappa shape index (κ2) is 7.15. The highest BCUT2D eigenvalue weighted by Gasteiger charge is 2.15. The van der Waals surface area contributed by atoms with E-state index < -0.39 is 0 Å². The lowest BCUT2D eigenvalue weighted by molar-refractivity contribution is -0.115. The van der Waals surface area contributed by atoms with Gasteiger partial charge in [-0.15, -0.1) is 0 Å². The van der Waals surface area contributed by atoms with E-state index in [1.807, 2.05) is 48.5 Å². The quantitative estimate of drug-likeness (QED) is 0.850. The molecule has 0 saturated carbocycles. The summed E-state index contributed by atoms with van der Waals surface area (Å²) < 4.78 is 5.39. The predicted molar refractivity (Wildman–Crippen MR) is 92.7 cm³/mol. The molecule has 0 aliphatic carbocycles. The molecular weight excluding hydrogens is 290 g/mol. The van der Waals surface area contributed by atoms with Crippen LogP contribution in [0.1, 0.15) is 5.56 Å². The van der Waals surface area contributed by atoms with E-state index in [0.717, 1.165) is 30.0 Å². The van der Waals surface area contributed by atoms with E-state index in [1.54, 1.807) is 0 Å². The highest BCUT2D eigenvalue weighted by Crippen LogP contribution is 2.26. The lowest BCUT2D eigenvalue weighted by atomic mass is 10.1. The van der Waals surface area contributed by atoms with Crippen molar-refractivity contribution in [2.24, 2.45) is 0 Å². The third-order valence-electron chi connectivity index (χ3n) is 3.85. The number of carbonyl (C=O) groups is 1. The maximum absolute atomic E-state index is 12.3. The Kier molecular flexibility index (Phi) is 4.78. The van der Waals surface area contributed by atoms with Crippen molar-refractivity contribution in [1.29, 1.82) is 0 Å². The molecule has 5 nitrogen and oxygen atoms in total. The maximum atomic E-state index is 12.3. The van der Waals surface area contributed by atoms with Crippen molar-refractivity contribution in [3.05, 3.63) is 54.1 Å². The number of hydrogen-bond acceptors (Lipinski definition) is 4. The minimum atomic E-state index is -0.0451. The second-order valence-electron chi connectivity index (χ2n) is 5.59. The number of carbonyl (C=O) groups excluding carboxylic acids is 1. The first-order chi connectivity index (χ1) is 11.2. The summed E-state index contributed by atoms with van der Waals surface area (Å²) in [7, 11) is 0. The van der Waals surface area contributed by atoms with Crippen LogP contribution in [0.25, 0.3) is 0 Å². The number of benzene rings is 2. The van der Waals surface area contributed by atoms with Crippen LogP contribution in [-0.4, -0.2) is 32.2 Å². The summed E-state index contributed by atoms with van der Waals surface area (Å²) in [6, 6.07) is 15.3. The Labute approximate surface area is 136 Å². The van der Waals surface area contributed by atoms with Crippen molar-refractivity contribution in [3.63, 3.8) is 0 Å². The van der Waals surface area contributed by atoms with Gasteiger partial charge in [0.2, 0.25) is 5.91 Å². The van der Waals surface area contributed by atoms with Crippen LogP contribution < -0.4 is 16.0 Å². The van der Waals surface area contributed by atoms with Crippen LogP contribution in [0.5, 0.6) is 0 Å². The number of nitrogens with two attached hydrogens (primary N) is 1. The van der Waals surface area contributed by atoms with Gasteiger partial charge in [-0.3, -0.25) is 4.79 Å². The van der Waals surface area contributed by atoms with Gasteiger partial charge in [-0.25, -0.2) is 0 Å². The van der Waals surface area contributed by atoms with Crippen LogP contribution in [0.4, 0.5) is 17.1 Å². The number of hydrogen-bond donors (Lipinski definition) is 2. The maximum Gasteiger partial charge on any atom is 0.228 e. The van der Waals surface area contributed by atoms with Gasteiger partial charge in [0.25, 0.3) is 0 Å². The third kappa shape index (κ3) is 4.02. The van der Waals surface area contributed by atoms with Crippen LogP contribution in [0.3, 0.4) is 0 Å². The zero-order chi connectivity index (χ0) is 16.1. The molecule has 3 rings (SSSR count). The summed E-state index contributed by atoms with van der Waals surface area (Å²) in [6.07, 6.45) is 0.308. The van der Waals surface area contributed by atoms with Crippen molar-refractivity contribution in [2.75, 3.05) is 42.3 Å². The van der Waals surface area contributed by atoms with Gasteiger partial charge in [0.05, 0.1) is 31.0 Å². The van der Waals surface area contributed by atoms with Gasteiger partial charge in [0.1, 0.15) is 0 Å². The molecule has 2 aromatic carbocycles. The molecule has 0 unspecified atom stereocenters. The monoisotopic (exact) mass is 311 g/mol. The first-order valence-corrected chi connectivity index (χ1v) is 7.78. The smallest absolute Gasteiger partial charge is 0.228 e. The van der Waals surface area contributed by atoms with Gasteiger partial charge in [-0.05, 0) is 29.8 Å². The summed E-state index contributed by atoms with van der Waals surface area (Å²) in [4.78, 5) is 14.6. The molecule has 5 heteroatoms. The first kappa shape index (κ1) is 15.4. The average Bonchev–Trinajstić information content (AvgIpc) is 2.56. The lowest BCUT2D eigenvalue weighted by Crippen LogP contribution is -2.36. The van der Waals surface area contributed by atoms with Gasteiger partial charge in [0.15, 0.2) is 0 Å². The van der Waals surface area contributed by atoms with E-state index >= 15 is 0 Å². The topological polar surface area (TPSA) is 67.6 Å². The Bertz CT molecular complexity index is 681. The van der Waals surface area contributed by atoms with Crippen LogP contribution in [0, 0.1) is 0 Å². The van der Waals surface area contributed by atoms with Crippen molar-refractivity contribution < 1.29 is 9.53 Å². The number of amides is 1. The molecule has 23 heavy (non-hydrogen) atoms. The lowest BCUT2D eigenvalue weighted by Gasteiger charge is -2.30. The number of rotatable bonds is 4. The van der Waals surface area contributed by atoms with Crippen molar-refractivity contribution in [2.45, 2.75) is 6.42 Å². The van der Waals surface area contributed by atoms with Crippen LogP contribution in [-0.2, 0) is 16.0 Å². The molecule has 120 valence electrons. The molecule has 0 bridgehead atoms. The Morgan fingerprint density at radius 2 is 1.91 bits per heavy atom. The number of anilines is 3. The van der Waals surface area contributed by atoms with Gasteiger partial charge in [-0.1, -0.05) is 24.3 Å². The van der Waals surface area contributed by atoms with Gasteiger partial charge >= 0.3 is 0 Å². The molecular formula is C18H21N3O2. The molecule has 0 spiro atoms. The van der Waals surface area contributed by atoms with E-state index in [9.17, 15) is 4.79 Å². The summed E-state index contributed by atoms with van der Waals surface area (Å²) in [5, 5.41) is 3.01. The number of nitrogen functional groups attached to an aromatic ring is 1. The van der Waals surface area contributed by atoms with Crippen LogP contribution >= 0.6 is 0 Å². The standard InChI is InChI=1S/C18H21N3O2/c19-15-5-3-4-14(12-15)13-18(22)20-16-6-1-2-7-17(16)21-8-10-23-11-9-21/h1-7,12H,8-11,13,19H2,(H,20,22).